The first-order chi connectivity index (χ1) is 18.6. The summed E-state index contributed by atoms with van der Waals surface area (Å²) in [6, 6.07) is 8.04. The zero-order valence-corrected chi connectivity index (χ0v) is 24.3. The van der Waals surface area contributed by atoms with E-state index in [-0.39, 0.29) is 5.91 Å². The van der Waals surface area contributed by atoms with Crippen molar-refractivity contribution in [1.29, 1.82) is 0 Å². The Balaban J connectivity index is 1.16. The molecule has 8 nitrogen and oxygen atoms in total. The minimum atomic E-state index is 0.0541. The molecule has 1 saturated heterocycles. The average molecular weight is 563 g/mol. The molecule has 0 spiro atoms. The number of ether oxygens (including phenoxy) is 3. The van der Waals surface area contributed by atoms with Crippen LogP contribution in [-0.2, 0) is 17.8 Å². The maximum atomic E-state index is 12.1. The van der Waals surface area contributed by atoms with Crippen molar-refractivity contribution in [3.05, 3.63) is 40.1 Å². The van der Waals surface area contributed by atoms with E-state index >= 15 is 0 Å². The van der Waals surface area contributed by atoms with Gasteiger partial charge in [-0.3, -0.25) is 9.69 Å². The van der Waals surface area contributed by atoms with Gasteiger partial charge >= 0.3 is 0 Å². The van der Waals surface area contributed by atoms with Gasteiger partial charge in [0.15, 0.2) is 16.6 Å². The molecule has 1 aromatic carbocycles. The number of methoxy groups -OCH3 is 2. The van der Waals surface area contributed by atoms with Gasteiger partial charge in [-0.2, -0.15) is 0 Å². The van der Waals surface area contributed by atoms with E-state index in [9.17, 15) is 4.79 Å². The maximum absolute atomic E-state index is 12.1. The first-order valence-corrected chi connectivity index (χ1v) is 14.8. The second-order valence-corrected chi connectivity index (χ2v) is 10.8. The van der Waals surface area contributed by atoms with Crippen molar-refractivity contribution in [2.24, 2.45) is 0 Å². The number of piperidine rings is 1. The lowest BCUT2D eigenvalue weighted by Gasteiger charge is -2.25. The van der Waals surface area contributed by atoms with E-state index in [4.69, 9.17) is 26.4 Å². The van der Waals surface area contributed by atoms with E-state index in [0.29, 0.717) is 49.9 Å². The molecule has 10 heteroatoms. The highest BCUT2D eigenvalue weighted by Crippen LogP contribution is 2.27. The number of nitrogens with zero attached hydrogens (tertiary/aromatic N) is 1. The van der Waals surface area contributed by atoms with Crippen molar-refractivity contribution < 1.29 is 19.0 Å². The van der Waals surface area contributed by atoms with Crippen molar-refractivity contribution in [1.82, 2.24) is 20.9 Å². The molecule has 0 bridgehead atoms. The average Bonchev–Trinajstić information content (AvgIpc) is 3.38. The van der Waals surface area contributed by atoms with E-state index < -0.39 is 0 Å². The van der Waals surface area contributed by atoms with E-state index in [1.165, 1.54) is 37.2 Å². The van der Waals surface area contributed by atoms with Crippen molar-refractivity contribution in [2.45, 2.75) is 51.5 Å². The molecule has 38 heavy (non-hydrogen) atoms. The molecule has 1 fully saturated rings. The minimum absolute atomic E-state index is 0.0541. The third-order valence-electron chi connectivity index (χ3n) is 6.38. The summed E-state index contributed by atoms with van der Waals surface area (Å²) in [4.78, 5) is 16.0. The van der Waals surface area contributed by atoms with Gasteiger partial charge in [-0.15, -0.1) is 11.3 Å². The summed E-state index contributed by atoms with van der Waals surface area (Å²) >= 11 is 7.10. The van der Waals surface area contributed by atoms with Gasteiger partial charge in [0.2, 0.25) is 5.91 Å². The fourth-order valence-electron chi connectivity index (χ4n) is 4.31. The number of rotatable bonds is 16. The number of hydrogen-bond acceptors (Lipinski definition) is 7. The summed E-state index contributed by atoms with van der Waals surface area (Å²) in [5.74, 6) is 2.43. The molecule has 1 aliphatic rings. The molecule has 2 aromatic rings. The lowest BCUT2D eigenvalue weighted by Crippen LogP contribution is -2.37. The highest BCUT2D eigenvalue weighted by Gasteiger charge is 2.12. The summed E-state index contributed by atoms with van der Waals surface area (Å²) in [6.45, 7) is 6.01. The molecule has 0 atom stereocenters. The van der Waals surface area contributed by atoms with E-state index in [1.807, 2.05) is 18.2 Å². The van der Waals surface area contributed by atoms with E-state index in [2.05, 4.69) is 32.3 Å². The van der Waals surface area contributed by atoms with E-state index in [1.54, 1.807) is 25.6 Å². The van der Waals surface area contributed by atoms with Crippen molar-refractivity contribution >= 4 is 34.6 Å². The number of benzene rings is 1. The summed E-state index contributed by atoms with van der Waals surface area (Å²) < 4.78 is 16.5. The number of amides is 1. The topological polar surface area (TPSA) is 84.1 Å². The van der Waals surface area contributed by atoms with Crippen molar-refractivity contribution in [3.63, 3.8) is 0 Å². The van der Waals surface area contributed by atoms with Crippen molar-refractivity contribution in [3.8, 4) is 17.2 Å². The molecule has 210 valence electrons. The quantitative estimate of drug-likeness (QED) is 0.208. The number of carbonyl (C=O) groups excluding carboxylic acids is 1. The van der Waals surface area contributed by atoms with Gasteiger partial charge in [0, 0.05) is 42.9 Å². The standard InChI is InChI=1S/C28H42N4O4S2/c1-34-25-10-9-22(18-26(25)35-2)11-14-31-28(37)30-12-6-8-27(33)29-13-7-17-36-23-19-24(38-21-23)20-32-15-4-3-5-16-32/h9-10,18-19,21H,3-8,11-17,20H2,1-2H3,(H,29,33)(H2,30,31,37). The molecule has 3 rings (SSSR count). The zero-order valence-electron chi connectivity index (χ0n) is 22.7. The van der Waals surface area contributed by atoms with Crippen LogP contribution >= 0.6 is 23.6 Å². The largest absolute Gasteiger partial charge is 0.493 e. The number of carbonyl (C=O) groups is 1. The van der Waals surface area contributed by atoms with Crippen LogP contribution in [0.5, 0.6) is 17.2 Å². The van der Waals surface area contributed by atoms with Crippen LogP contribution in [0.3, 0.4) is 0 Å². The van der Waals surface area contributed by atoms with Gasteiger partial charge in [0.1, 0.15) is 5.75 Å². The fraction of sp³-hybridized carbons (Fsp3) is 0.571. The number of thiophene rings is 1. The highest BCUT2D eigenvalue weighted by atomic mass is 32.1. The van der Waals surface area contributed by atoms with Gasteiger partial charge < -0.3 is 30.2 Å². The zero-order chi connectivity index (χ0) is 27.0. The second-order valence-electron chi connectivity index (χ2n) is 9.36. The Morgan fingerprint density at radius 3 is 2.53 bits per heavy atom. The Bertz CT molecular complexity index is 995. The van der Waals surface area contributed by atoms with Gasteiger partial charge in [0.25, 0.3) is 0 Å². The van der Waals surface area contributed by atoms with Gasteiger partial charge in [-0.05, 0) is 81.2 Å². The maximum Gasteiger partial charge on any atom is 0.220 e. The molecule has 1 aromatic heterocycles. The van der Waals surface area contributed by atoms with Crippen molar-refractivity contribution in [2.75, 3.05) is 53.6 Å². The Morgan fingerprint density at radius 2 is 1.74 bits per heavy atom. The molecule has 2 heterocycles. The predicted octanol–water partition coefficient (Wildman–Crippen LogP) is 4.12. The van der Waals surface area contributed by atoms with Gasteiger partial charge in [-0.25, -0.2) is 0 Å². The van der Waals surface area contributed by atoms with Crippen LogP contribution in [0.15, 0.2) is 29.6 Å². The van der Waals surface area contributed by atoms with Crippen LogP contribution in [0.1, 0.15) is 49.0 Å². The molecule has 1 amide bonds. The molecule has 1 aliphatic heterocycles. The summed E-state index contributed by atoms with van der Waals surface area (Å²) in [5.41, 5.74) is 1.13. The third-order valence-corrected chi connectivity index (χ3v) is 7.57. The van der Waals surface area contributed by atoms with Crippen LogP contribution in [0.25, 0.3) is 0 Å². The molecule has 0 saturated carbocycles. The van der Waals surface area contributed by atoms with Crippen LogP contribution in [-0.4, -0.2) is 69.5 Å². The smallest absolute Gasteiger partial charge is 0.220 e. The van der Waals surface area contributed by atoms with Crippen LogP contribution in [0, 0.1) is 0 Å². The third kappa shape index (κ3) is 11.0. The SMILES string of the molecule is COc1ccc(CCNC(=S)NCCCC(=O)NCCCOc2csc(CN3CCCCC3)c2)cc1OC. The number of thiocarbonyl (C=S) groups is 1. The Kier molecular flexibility index (Phi) is 13.5. The second kappa shape index (κ2) is 17.1. The monoisotopic (exact) mass is 562 g/mol. The first-order valence-electron chi connectivity index (χ1n) is 13.5. The summed E-state index contributed by atoms with van der Waals surface area (Å²) in [5, 5.41) is 12.0. The summed E-state index contributed by atoms with van der Waals surface area (Å²) in [7, 11) is 3.26. The number of likely N-dealkylation sites (tertiary alicyclic amines) is 1. The molecular weight excluding hydrogens is 520 g/mol. The Morgan fingerprint density at radius 1 is 0.974 bits per heavy atom. The normalized spacial score (nSPS) is 13.5. The Hall–Kier alpha value is -2.56. The molecular formula is C28H42N4O4S2. The number of hydrogen-bond donors (Lipinski definition) is 3. The van der Waals surface area contributed by atoms with Crippen LogP contribution in [0.4, 0.5) is 0 Å². The summed E-state index contributed by atoms with van der Waals surface area (Å²) in [6.07, 6.45) is 6.75. The molecule has 0 aliphatic carbocycles. The minimum Gasteiger partial charge on any atom is -0.493 e. The molecule has 0 radical (unpaired) electrons. The van der Waals surface area contributed by atoms with Crippen LogP contribution < -0.4 is 30.2 Å². The van der Waals surface area contributed by atoms with E-state index in [0.717, 1.165) is 36.4 Å². The van der Waals surface area contributed by atoms with Gasteiger partial charge in [0.05, 0.1) is 20.8 Å². The molecule has 0 unspecified atom stereocenters. The van der Waals surface area contributed by atoms with Gasteiger partial charge in [-0.1, -0.05) is 12.5 Å². The van der Waals surface area contributed by atoms with Crippen LogP contribution in [0.2, 0.25) is 0 Å². The fourth-order valence-corrected chi connectivity index (χ4v) is 5.35. The molecule has 3 N–H and O–H groups in total. The predicted molar refractivity (Wildman–Crippen MR) is 158 cm³/mol. The highest BCUT2D eigenvalue weighted by molar-refractivity contribution is 7.80. The number of nitrogens with one attached hydrogen (secondary N) is 3. The lowest BCUT2D eigenvalue weighted by molar-refractivity contribution is -0.121. The Labute approximate surface area is 236 Å². The first kappa shape index (κ1) is 30.0. The lowest BCUT2D eigenvalue weighted by atomic mass is 10.1.